The Hall–Kier alpha value is -2.09. The number of aryl methyl sites for hydroxylation is 1. The zero-order chi connectivity index (χ0) is 12.1. The highest BCUT2D eigenvalue weighted by Gasteiger charge is 2.05. The average molecular weight is 225 g/mol. The van der Waals surface area contributed by atoms with Gasteiger partial charge in [-0.15, -0.1) is 0 Å². The Bertz CT molecular complexity index is 505. The summed E-state index contributed by atoms with van der Waals surface area (Å²) < 4.78 is 0. The van der Waals surface area contributed by atoms with Crippen molar-refractivity contribution in [2.24, 2.45) is 0 Å². The number of carbonyl (C=O) groups is 1. The number of para-hydroxylation sites is 1. The van der Waals surface area contributed by atoms with Crippen LogP contribution in [0, 0.1) is 0 Å². The van der Waals surface area contributed by atoms with E-state index in [9.17, 15) is 4.79 Å². The molecule has 1 N–H and O–H groups in total. The zero-order valence-corrected chi connectivity index (χ0v) is 9.81. The van der Waals surface area contributed by atoms with Crippen molar-refractivity contribution in [3.8, 4) is 0 Å². The summed E-state index contributed by atoms with van der Waals surface area (Å²) in [4.78, 5) is 12.0. The predicted molar refractivity (Wildman–Crippen MR) is 70.2 cm³/mol. The molecule has 0 saturated heterocycles. The summed E-state index contributed by atoms with van der Waals surface area (Å²) in [6.07, 6.45) is 0.937. The number of carbonyl (C=O) groups excluding carboxylic acids is 1. The van der Waals surface area contributed by atoms with Crippen LogP contribution >= 0.6 is 0 Å². The highest BCUT2D eigenvalue weighted by molar-refractivity contribution is 6.04. The Labute approximate surface area is 101 Å². The van der Waals surface area contributed by atoms with Gasteiger partial charge in [0.1, 0.15) is 0 Å². The van der Waals surface area contributed by atoms with E-state index in [2.05, 4.69) is 12.2 Å². The van der Waals surface area contributed by atoms with E-state index in [1.807, 2.05) is 54.6 Å². The number of benzene rings is 2. The Kier molecular flexibility index (Phi) is 3.55. The van der Waals surface area contributed by atoms with Crippen LogP contribution in [0.5, 0.6) is 0 Å². The van der Waals surface area contributed by atoms with Crippen molar-refractivity contribution in [3.63, 3.8) is 0 Å². The molecule has 0 aliphatic rings. The molecule has 0 fully saturated rings. The topological polar surface area (TPSA) is 29.1 Å². The van der Waals surface area contributed by atoms with Gasteiger partial charge in [-0.25, -0.2) is 0 Å². The van der Waals surface area contributed by atoms with Crippen molar-refractivity contribution in [2.45, 2.75) is 13.3 Å². The van der Waals surface area contributed by atoms with Crippen molar-refractivity contribution in [3.05, 3.63) is 65.7 Å². The smallest absolute Gasteiger partial charge is 0.255 e. The van der Waals surface area contributed by atoms with Crippen molar-refractivity contribution in [2.75, 3.05) is 5.32 Å². The van der Waals surface area contributed by atoms with E-state index in [1.54, 1.807) is 0 Å². The van der Waals surface area contributed by atoms with E-state index < -0.39 is 0 Å². The number of nitrogens with one attached hydrogen (secondary N) is 1. The maximum absolute atomic E-state index is 12.0. The Balaban J connectivity index is 2.14. The minimum atomic E-state index is -0.0634. The molecule has 2 rings (SSSR count). The molecular formula is C15H15NO. The van der Waals surface area contributed by atoms with Gasteiger partial charge in [-0.2, -0.15) is 0 Å². The largest absolute Gasteiger partial charge is 0.322 e. The highest BCUT2D eigenvalue weighted by atomic mass is 16.1. The van der Waals surface area contributed by atoms with E-state index >= 15 is 0 Å². The van der Waals surface area contributed by atoms with Crippen molar-refractivity contribution in [1.82, 2.24) is 0 Å². The zero-order valence-electron chi connectivity index (χ0n) is 9.81. The molecule has 0 spiro atoms. The molecule has 86 valence electrons. The quantitative estimate of drug-likeness (QED) is 0.851. The first-order valence-electron chi connectivity index (χ1n) is 5.75. The molecule has 2 nitrogen and oxygen atoms in total. The van der Waals surface area contributed by atoms with Crippen LogP contribution in [0.2, 0.25) is 0 Å². The maximum Gasteiger partial charge on any atom is 0.255 e. The average Bonchev–Trinajstić information content (AvgIpc) is 2.40. The summed E-state index contributed by atoms with van der Waals surface area (Å²) in [5.74, 6) is -0.0634. The van der Waals surface area contributed by atoms with Gasteiger partial charge in [0.25, 0.3) is 5.91 Å². The van der Waals surface area contributed by atoms with Crippen LogP contribution < -0.4 is 5.32 Å². The maximum atomic E-state index is 12.0. The van der Waals surface area contributed by atoms with Gasteiger partial charge in [0.15, 0.2) is 0 Å². The molecule has 2 aromatic carbocycles. The minimum Gasteiger partial charge on any atom is -0.322 e. The fourth-order valence-electron chi connectivity index (χ4n) is 1.66. The van der Waals surface area contributed by atoms with Gasteiger partial charge in [-0.3, -0.25) is 4.79 Å². The molecule has 0 heterocycles. The van der Waals surface area contributed by atoms with Gasteiger partial charge in [0.2, 0.25) is 0 Å². The summed E-state index contributed by atoms with van der Waals surface area (Å²) in [5.41, 5.74) is 2.69. The molecule has 0 saturated carbocycles. The number of rotatable bonds is 3. The lowest BCUT2D eigenvalue weighted by Gasteiger charge is -2.06. The van der Waals surface area contributed by atoms with Gasteiger partial charge >= 0.3 is 0 Å². The molecule has 17 heavy (non-hydrogen) atoms. The lowest BCUT2D eigenvalue weighted by molar-refractivity contribution is 0.102. The number of anilines is 1. The summed E-state index contributed by atoms with van der Waals surface area (Å²) in [5, 5.41) is 2.87. The van der Waals surface area contributed by atoms with Crippen LogP contribution in [-0.2, 0) is 6.42 Å². The Morgan fingerprint density at radius 2 is 1.82 bits per heavy atom. The fraction of sp³-hybridized carbons (Fsp3) is 0.133. The minimum absolute atomic E-state index is 0.0634. The van der Waals surface area contributed by atoms with Crippen molar-refractivity contribution >= 4 is 11.6 Å². The van der Waals surface area contributed by atoms with E-state index in [4.69, 9.17) is 0 Å². The van der Waals surface area contributed by atoms with E-state index in [0.717, 1.165) is 12.1 Å². The first-order chi connectivity index (χ1) is 8.29. The number of hydrogen-bond acceptors (Lipinski definition) is 1. The SMILES string of the molecule is CCc1cccc(C(=O)Nc2ccccc2)c1. The number of amides is 1. The van der Waals surface area contributed by atoms with Crippen LogP contribution in [0.3, 0.4) is 0 Å². The first-order valence-corrected chi connectivity index (χ1v) is 5.75. The van der Waals surface area contributed by atoms with Crippen LogP contribution in [0.1, 0.15) is 22.8 Å². The molecule has 0 aliphatic heterocycles. The van der Waals surface area contributed by atoms with Gasteiger partial charge in [0, 0.05) is 11.3 Å². The predicted octanol–water partition coefficient (Wildman–Crippen LogP) is 3.50. The third-order valence-electron chi connectivity index (χ3n) is 2.63. The molecule has 0 aliphatic carbocycles. The summed E-state index contributed by atoms with van der Waals surface area (Å²) in [6.45, 7) is 2.08. The second-order valence-electron chi connectivity index (χ2n) is 3.87. The Morgan fingerprint density at radius 1 is 1.06 bits per heavy atom. The lowest BCUT2D eigenvalue weighted by Crippen LogP contribution is -2.11. The summed E-state index contributed by atoms with van der Waals surface area (Å²) in [7, 11) is 0. The molecular weight excluding hydrogens is 210 g/mol. The molecule has 2 aromatic rings. The van der Waals surface area contributed by atoms with Gasteiger partial charge in [-0.1, -0.05) is 37.3 Å². The van der Waals surface area contributed by atoms with Crippen LogP contribution in [-0.4, -0.2) is 5.91 Å². The van der Waals surface area contributed by atoms with Crippen LogP contribution in [0.4, 0.5) is 5.69 Å². The second-order valence-corrected chi connectivity index (χ2v) is 3.87. The lowest BCUT2D eigenvalue weighted by atomic mass is 10.1. The molecule has 0 atom stereocenters. The fourth-order valence-corrected chi connectivity index (χ4v) is 1.66. The summed E-state index contributed by atoms with van der Waals surface area (Å²) in [6, 6.07) is 17.2. The molecule has 0 aromatic heterocycles. The number of hydrogen-bond donors (Lipinski definition) is 1. The first kappa shape index (κ1) is 11.4. The monoisotopic (exact) mass is 225 g/mol. The van der Waals surface area contributed by atoms with Crippen molar-refractivity contribution < 1.29 is 4.79 Å². The van der Waals surface area contributed by atoms with E-state index in [1.165, 1.54) is 5.56 Å². The van der Waals surface area contributed by atoms with Gasteiger partial charge in [0.05, 0.1) is 0 Å². The molecule has 0 radical (unpaired) electrons. The Morgan fingerprint density at radius 3 is 2.53 bits per heavy atom. The van der Waals surface area contributed by atoms with Gasteiger partial charge in [-0.05, 0) is 36.2 Å². The van der Waals surface area contributed by atoms with Gasteiger partial charge < -0.3 is 5.32 Å². The molecule has 2 heteroatoms. The molecule has 0 bridgehead atoms. The third-order valence-corrected chi connectivity index (χ3v) is 2.63. The van der Waals surface area contributed by atoms with Crippen molar-refractivity contribution in [1.29, 1.82) is 0 Å². The van der Waals surface area contributed by atoms with E-state index in [-0.39, 0.29) is 5.91 Å². The van der Waals surface area contributed by atoms with E-state index in [0.29, 0.717) is 5.56 Å². The van der Waals surface area contributed by atoms with Crippen LogP contribution in [0.25, 0.3) is 0 Å². The molecule has 1 amide bonds. The van der Waals surface area contributed by atoms with Crippen LogP contribution in [0.15, 0.2) is 54.6 Å². The highest BCUT2D eigenvalue weighted by Crippen LogP contribution is 2.10. The third kappa shape index (κ3) is 2.94. The summed E-state index contributed by atoms with van der Waals surface area (Å²) >= 11 is 0. The normalized spacial score (nSPS) is 9.94. The standard InChI is InChI=1S/C15H15NO/c1-2-12-7-6-8-13(11-12)15(17)16-14-9-4-3-5-10-14/h3-11H,2H2,1H3,(H,16,17). The second kappa shape index (κ2) is 5.30. The molecule has 0 unspecified atom stereocenters.